The maximum absolute atomic E-state index is 14.1. The van der Waals surface area contributed by atoms with E-state index in [0.29, 0.717) is 43.5 Å². The largest absolute Gasteiger partial charge is 0.497 e. The fourth-order valence-corrected chi connectivity index (χ4v) is 6.04. The highest BCUT2D eigenvalue weighted by Gasteiger charge is 2.41. The lowest BCUT2D eigenvalue weighted by Crippen LogP contribution is -2.52. The predicted molar refractivity (Wildman–Crippen MR) is 135 cm³/mol. The summed E-state index contributed by atoms with van der Waals surface area (Å²) in [5, 5.41) is 21.8. The Morgan fingerprint density at radius 1 is 1.19 bits per heavy atom. The lowest BCUT2D eigenvalue weighted by atomic mass is 9.73. The van der Waals surface area contributed by atoms with Crippen LogP contribution in [-0.2, 0) is 4.79 Å². The molecule has 1 aromatic heterocycles. The summed E-state index contributed by atoms with van der Waals surface area (Å²) in [5.41, 5.74) is 1.94. The van der Waals surface area contributed by atoms with Gasteiger partial charge in [-0.3, -0.25) is 14.7 Å². The number of nitrogens with zero attached hydrogens (tertiary/aromatic N) is 2. The van der Waals surface area contributed by atoms with Crippen LogP contribution in [0.25, 0.3) is 10.9 Å². The van der Waals surface area contributed by atoms with Gasteiger partial charge in [0, 0.05) is 24.2 Å². The predicted octanol–water partition coefficient (Wildman–Crippen LogP) is 5.30. The lowest BCUT2D eigenvalue weighted by Gasteiger charge is -2.47. The highest BCUT2D eigenvalue weighted by Crippen LogP contribution is 2.43. The van der Waals surface area contributed by atoms with Crippen LogP contribution in [0.2, 0.25) is 0 Å². The Labute approximate surface area is 214 Å². The first-order chi connectivity index (χ1) is 17.8. The number of rotatable bonds is 8. The van der Waals surface area contributed by atoms with Gasteiger partial charge in [-0.25, -0.2) is 8.78 Å². The van der Waals surface area contributed by atoms with Gasteiger partial charge < -0.3 is 14.9 Å². The topological polar surface area (TPSA) is 82.9 Å². The fraction of sp³-hybridized carbons (Fsp3) is 0.448. The van der Waals surface area contributed by atoms with Gasteiger partial charge in [-0.1, -0.05) is 0 Å². The number of aliphatic hydroxyl groups excluding tert-OH is 1. The highest BCUT2D eigenvalue weighted by molar-refractivity contribution is 5.83. The normalized spacial score (nSPS) is 25.0. The van der Waals surface area contributed by atoms with E-state index in [1.165, 1.54) is 12.1 Å². The Morgan fingerprint density at radius 3 is 2.76 bits per heavy atom. The van der Waals surface area contributed by atoms with Crippen molar-refractivity contribution < 1.29 is 28.5 Å². The second-order valence-electron chi connectivity index (χ2n) is 10.4. The van der Waals surface area contributed by atoms with Crippen molar-refractivity contribution in [2.45, 2.75) is 50.2 Å². The molecule has 2 fully saturated rings. The molecule has 1 saturated heterocycles. The van der Waals surface area contributed by atoms with Crippen LogP contribution in [-0.4, -0.2) is 52.3 Å². The van der Waals surface area contributed by atoms with Crippen LogP contribution in [0.5, 0.6) is 5.75 Å². The summed E-state index contributed by atoms with van der Waals surface area (Å²) in [5.74, 6) is -1.56. The smallest absolute Gasteiger partial charge is 0.308 e. The van der Waals surface area contributed by atoms with E-state index in [1.807, 2.05) is 18.2 Å². The number of aliphatic hydroxyl groups is 1. The molecule has 1 aliphatic carbocycles. The molecule has 196 valence electrons. The summed E-state index contributed by atoms with van der Waals surface area (Å²) in [6, 6.07) is 11.1. The first-order valence-electron chi connectivity index (χ1n) is 12.9. The van der Waals surface area contributed by atoms with Gasteiger partial charge in [-0.2, -0.15) is 0 Å². The first-order valence-corrected chi connectivity index (χ1v) is 12.9. The lowest BCUT2D eigenvalue weighted by molar-refractivity contribution is -0.147. The Balaban J connectivity index is 1.20. The van der Waals surface area contributed by atoms with Crippen LogP contribution in [0.4, 0.5) is 8.78 Å². The number of aliphatic carboxylic acids is 1. The molecule has 2 heterocycles. The molecular weight excluding hydrogens is 478 g/mol. The number of aromatic nitrogens is 1. The second kappa shape index (κ2) is 10.7. The molecule has 0 bridgehead atoms. The van der Waals surface area contributed by atoms with Gasteiger partial charge in [0.05, 0.1) is 24.6 Å². The zero-order valence-electron chi connectivity index (χ0n) is 20.8. The van der Waals surface area contributed by atoms with E-state index in [1.54, 1.807) is 19.4 Å². The average molecular weight is 511 g/mol. The maximum atomic E-state index is 14.1. The molecule has 2 aromatic carbocycles. The minimum Gasteiger partial charge on any atom is -0.497 e. The van der Waals surface area contributed by atoms with Crippen molar-refractivity contribution in [2.24, 2.45) is 11.8 Å². The molecule has 3 atom stereocenters. The second-order valence-corrected chi connectivity index (χ2v) is 10.4. The van der Waals surface area contributed by atoms with E-state index >= 15 is 0 Å². The summed E-state index contributed by atoms with van der Waals surface area (Å²) in [6.07, 6.45) is 4.12. The van der Waals surface area contributed by atoms with Crippen molar-refractivity contribution in [1.82, 2.24) is 9.88 Å². The molecule has 8 heteroatoms. The molecule has 5 rings (SSSR count). The van der Waals surface area contributed by atoms with Crippen molar-refractivity contribution in [1.29, 1.82) is 0 Å². The summed E-state index contributed by atoms with van der Waals surface area (Å²) in [4.78, 5) is 18.7. The third-order valence-electron chi connectivity index (χ3n) is 8.28. The van der Waals surface area contributed by atoms with Crippen molar-refractivity contribution in [3.8, 4) is 5.75 Å². The number of likely N-dealkylation sites (tertiary alicyclic amines) is 1. The monoisotopic (exact) mass is 510 g/mol. The van der Waals surface area contributed by atoms with Gasteiger partial charge in [0.15, 0.2) is 0 Å². The maximum Gasteiger partial charge on any atom is 0.308 e. The van der Waals surface area contributed by atoms with Crippen LogP contribution < -0.4 is 4.74 Å². The van der Waals surface area contributed by atoms with E-state index < -0.39 is 23.8 Å². The van der Waals surface area contributed by atoms with Gasteiger partial charge in [-0.15, -0.1) is 0 Å². The number of methoxy groups -OCH3 is 1. The summed E-state index contributed by atoms with van der Waals surface area (Å²) in [6.45, 7) is 1.21. The summed E-state index contributed by atoms with van der Waals surface area (Å²) < 4.78 is 33.0. The van der Waals surface area contributed by atoms with E-state index in [-0.39, 0.29) is 23.7 Å². The molecule has 3 aromatic rings. The Kier molecular flexibility index (Phi) is 7.40. The van der Waals surface area contributed by atoms with Gasteiger partial charge in [0.1, 0.15) is 17.4 Å². The number of pyridine rings is 1. The Bertz CT molecular complexity index is 1280. The SMILES string of the molecule is COc1ccc2nccc(C(O)CC[C@@H]3CCN(C4CC(c5cc(F)ccc5F)C4)C[C@@H]3C(=O)O)c2c1. The van der Waals surface area contributed by atoms with Gasteiger partial charge >= 0.3 is 5.97 Å². The molecule has 1 aliphatic heterocycles. The fourth-order valence-electron chi connectivity index (χ4n) is 6.04. The van der Waals surface area contributed by atoms with E-state index in [2.05, 4.69) is 9.88 Å². The molecule has 2 N–H and O–H groups in total. The number of benzene rings is 2. The van der Waals surface area contributed by atoms with Crippen LogP contribution >= 0.6 is 0 Å². The third kappa shape index (κ3) is 5.31. The Morgan fingerprint density at radius 2 is 2.00 bits per heavy atom. The third-order valence-corrected chi connectivity index (χ3v) is 8.28. The van der Waals surface area contributed by atoms with Crippen molar-refractivity contribution in [2.75, 3.05) is 20.2 Å². The molecule has 2 aliphatic rings. The van der Waals surface area contributed by atoms with Crippen molar-refractivity contribution >= 4 is 16.9 Å². The van der Waals surface area contributed by atoms with Crippen molar-refractivity contribution in [3.63, 3.8) is 0 Å². The molecule has 0 radical (unpaired) electrons. The van der Waals surface area contributed by atoms with E-state index in [0.717, 1.165) is 35.5 Å². The number of hydrogen-bond acceptors (Lipinski definition) is 5. The first kappa shape index (κ1) is 25.5. The van der Waals surface area contributed by atoms with Crippen LogP contribution in [0.1, 0.15) is 55.3 Å². The van der Waals surface area contributed by atoms with Crippen molar-refractivity contribution in [3.05, 3.63) is 71.4 Å². The molecule has 6 nitrogen and oxygen atoms in total. The minimum atomic E-state index is -0.824. The Hall–Kier alpha value is -3.10. The quantitative estimate of drug-likeness (QED) is 0.428. The van der Waals surface area contributed by atoms with E-state index in [4.69, 9.17) is 4.74 Å². The standard InChI is InChI=1S/C29H32F2N2O4/c1-37-21-4-6-27-24(15-21)22(8-10-32-27)28(34)7-2-17-9-11-33(16-25(17)29(35)36)20-12-18(13-20)23-14-19(30)3-5-26(23)31/h3-6,8,10,14-15,17-18,20,25,28,34H,2,7,9,11-13,16H2,1H3,(H,35,36)/t17-,18?,20?,25+,28?/m1/s1. The van der Waals surface area contributed by atoms with Gasteiger partial charge in [0.25, 0.3) is 0 Å². The molecule has 0 amide bonds. The molecular formula is C29H32F2N2O4. The van der Waals surface area contributed by atoms with Crippen LogP contribution in [0.15, 0.2) is 48.7 Å². The van der Waals surface area contributed by atoms with E-state index in [9.17, 15) is 23.8 Å². The number of carboxylic acids is 1. The number of carboxylic acid groups (broad SMARTS) is 1. The molecule has 37 heavy (non-hydrogen) atoms. The van der Waals surface area contributed by atoms with Crippen LogP contribution in [0.3, 0.4) is 0 Å². The minimum absolute atomic E-state index is 0.0364. The van der Waals surface area contributed by atoms with Gasteiger partial charge in [0.2, 0.25) is 0 Å². The number of fused-ring (bicyclic) bond motifs is 1. The molecule has 1 saturated carbocycles. The highest BCUT2D eigenvalue weighted by atomic mass is 19.1. The number of ether oxygens (including phenoxy) is 1. The van der Waals surface area contributed by atoms with Crippen LogP contribution in [0, 0.1) is 23.5 Å². The number of piperidine rings is 1. The summed E-state index contributed by atoms with van der Waals surface area (Å²) >= 11 is 0. The van der Waals surface area contributed by atoms with Gasteiger partial charge in [-0.05, 0) is 104 Å². The zero-order valence-corrected chi connectivity index (χ0v) is 20.8. The number of hydrogen-bond donors (Lipinski definition) is 2. The molecule has 1 unspecified atom stereocenters. The zero-order chi connectivity index (χ0) is 26.1. The summed E-state index contributed by atoms with van der Waals surface area (Å²) in [7, 11) is 1.59. The number of carbonyl (C=O) groups is 1. The average Bonchev–Trinajstić information content (AvgIpc) is 2.87. The molecule has 0 spiro atoms. The number of halogens is 2.